The van der Waals surface area contributed by atoms with Crippen LogP contribution in [0.3, 0.4) is 0 Å². The summed E-state index contributed by atoms with van der Waals surface area (Å²) in [7, 11) is 0. The monoisotopic (exact) mass is 239 g/mol. The lowest BCUT2D eigenvalue weighted by atomic mass is 10.3. The Morgan fingerprint density at radius 1 is 1.29 bits per heavy atom. The number of H-pyrrole nitrogens is 1. The number of aryl methyl sites for hydroxylation is 1. The van der Waals surface area contributed by atoms with Crippen LogP contribution < -0.4 is 5.69 Å². The number of halogens is 2. The zero-order valence-corrected chi connectivity index (χ0v) is 8.99. The summed E-state index contributed by atoms with van der Waals surface area (Å²) in [6.45, 7) is 0.838. The highest BCUT2D eigenvalue weighted by atomic mass is 19.1. The van der Waals surface area contributed by atoms with Crippen LogP contribution >= 0.6 is 0 Å². The molecule has 0 saturated heterocycles. The largest absolute Gasteiger partial charge is 0.343 e. The van der Waals surface area contributed by atoms with Gasteiger partial charge in [-0.25, -0.2) is 18.7 Å². The van der Waals surface area contributed by atoms with Crippen molar-refractivity contribution in [2.45, 2.75) is 19.4 Å². The number of hydrogen-bond acceptors (Lipinski definition) is 2. The molecule has 0 spiro atoms. The van der Waals surface area contributed by atoms with E-state index in [9.17, 15) is 13.6 Å². The van der Waals surface area contributed by atoms with Gasteiger partial charge in [-0.1, -0.05) is 6.07 Å². The van der Waals surface area contributed by atoms with Crippen molar-refractivity contribution in [2.75, 3.05) is 0 Å². The van der Waals surface area contributed by atoms with Crippen molar-refractivity contribution in [2.24, 2.45) is 0 Å². The third-order valence-electron chi connectivity index (χ3n) is 2.41. The second-order valence-electron chi connectivity index (χ2n) is 3.64. The molecule has 90 valence electrons. The van der Waals surface area contributed by atoms with Crippen molar-refractivity contribution >= 4 is 0 Å². The average molecular weight is 239 g/mol. The number of aromatic nitrogens is 3. The third kappa shape index (κ3) is 2.77. The fourth-order valence-corrected chi connectivity index (χ4v) is 1.63. The minimum atomic E-state index is -0.537. The van der Waals surface area contributed by atoms with Crippen molar-refractivity contribution in [1.29, 1.82) is 0 Å². The van der Waals surface area contributed by atoms with Gasteiger partial charge in [-0.05, 0) is 18.6 Å². The van der Waals surface area contributed by atoms with Gasteiger partial charge in [0.05, 0.1) is 0 Å². The summed E-state index contributed by atoms with van der Waals surface area (Å²) >= 11 is 0. The molecule has 0 atom stereocenters. The first-order valence-electron chi connectivity index (χ1n) is 5.22. The SMILES string of the molecule is Fc1cccc(F)c1.O=c1[nH]nc2n1CCC2. The number of rotatable bonds is 0. The minimum absolute atomic E-state index is 0.0671. The molecule has 0 radical (unpaired) electrons. The number of benzene rings is 1. The molecule has 0 saturated carbocycles. The zero-order chi connectivity index (χ0) is 12.3. The molecule has 1 aromatic heterocycles. The molecular formula is C11H11F2N3O. The van der Waals surface area contributed by atoms with Gasteiger partial charge in [0.2, 0.25) is 0 Å². The van der Waals surface area contributed by atoms with Crippen LogP contribution in [-0.4, -0.2) is 14.8 Å². The van der Waals surface area contributed by atoms with Crippen LogP contribution in [0.25, 0.3) is 0 Å². The quantitative estimate of drug-likeness (QED) is 0.757. The first kappa shape index (κ1) is 11.5. The molecule has 1 aromatic carbocycles. The molecule has 0 amide bonds. The lowest BCUT2D eigenvalue weighted by Gasteiger charge is -1.85. The Labute approximate surface area is 95.9 Å². The Morgan fingerprint density at radius 2 is 2.00 bits per heavy atom. The highest BCUT2D eigenvalue weighted by molar-refractivity contribution is 5.04. The van der Waals surface area contributed by atoms with E-state index < -0.39 is 11.6 Å². The number of hydrogen-bond donors (Lipinski definition) is 1. The van der Waals surface area contributed by atoms with Gasteiger partial charge in [0.15, 0.2) is 0 Å². The van der Waals surface area contributed by atoms with Crippen molar-refractivity contribution in [3.63, 3.8) is 0 Å². The topological polar surface area (TPSA) is 50.7 Å². The van der Waals surface area contributed by atoms with E-state index in [2.05, 4.69) is 10.2 Å². The number of nitrogens with one attached hydrogen (secondary N) is 1. The van der Waals surface area contributed by atoms with Crippen LogP contribution in [-0.2, 0) is 13.0 Å². The Kier molecular flexibility index (Phi) is 3.32. The normalized spacial score (nSPS) is 12.8. The second kappa shape index (κ2) is 4.90. The van der Waals surface area contributed by atoms with E-state index >= 15 is 0 Å². The standard InChI is InChI=1S/C6H4F2.C5H7N3O/c7-5-2-1-3-6(8)4-5;9-5-7-6-4-2-1-3-8(4)5/h1-4H;1-3H2,(H,7,9). The summed E-state index contributed by atoms with van der Waals surface area (Å²) in [4.78, 5) is 10.8. The molecule has 0 aliphatic carbocycles. The van der Waals surface area contributed by atoms with Crippen molar-refractivity contribution in [1.82, 2.24) is 14.8 Å². The van der Waals surface area contributed by atoms with Crippen LogP contribution in [0, 0.1) is 11.6 Å². The Morgan fingerprint density at radius 3 is 2.53 bits per heavy atom. The Balaban J connectivity index is 0.000000128. The molecule has 17 heavy (non-hydrogen) atoms. The van der Waals surface area contributed by atoms with E-state index in [1.54, 1.807) is 4.57 Å². The first-order chi connectivity index (χ1) is 8.16. The van der Waals surface area contributed by atoms with E-state index in [1.807, 2.05) is 0 Å². The summed E-state index contributed by atoms with van der Waals surface area (Å²) in [5.41, 5.74) is -0.0671. The van der Waals surface area contributed by atoms with Crippen LogP contribution in [0.2, 0.25) is 0 Å². The molecule has 1 aliphatic rings. The molecule has 0 bridgehead atoms. The van der Waals surface area contributed by atoms with Crippen LogP contribution in [0.1, 0.15) is 12.2 Å². The molecule has 2 aromatic rings. The molecular weight excluding hydrogens is 228 g/mol. The van der Waals surface area contributed by atoms with Gasteiger partial charge in [0.1, 0.15) is 17.5 Å². The van der Waals surface area contributed by atoms with Gasteiger partial charge >= 0.3 is 5.69 Å². The van der Waals surface area contributed by atoms with E-state index in [4.69, 9.17) is 0 Å². The fraction of sp³-hybridized carbons (Fsp3) is 0.273. The predicted molar refractivity (Wildman–Crippen MR) is 57.5 cm³/mol. The zero-order valence-electron chi connectivity index (χ0n) is 8.99. The average Bonchev–Trinajstić information content (AvgIpc) is 2.85. The fourth-order valence-electron chi connectivity index (χ4n) is 1.63. The van der Waals surface area contributed by atoms with Gasteiger partial charge in [0, 0.05) is 19.0 Å². The third-order valence-corrected chi connectivity index (χ3v) is 2.41. The van der Waals surface area contributed by atoms with Gasteiger partial charge in [0.25, 0.3) is 0 Å². The van der Waals surface area contributed by atoms with Gasteiger partial charge in [-0.2, -0.15) is 5.10 Å². The van der Waals surface area contributed by atoms with E-state index in [0.29, 0.717) is 0 Å². The van der Waals surface area contributed by atoms with Crippen molar-refractivity contribution in [3.05, 3.63) is 52.2 Å². The summed E-state index contributed by atoms with van der Waals surface area (Å²) in [6, 6.07) is 4.55. The van der Waals surface area contributed by atoms with Gasteiger partial charge in [-0.15, -0.1) is 0 Å². The molecule has 3 rings (SSSR count). The van der Waals surface area contributed by atoms with E-state index in [1.165, 1.54) is 18.2 Å². The Hall–Kier alpha value is -1.98. The molecule has 0 fully saturated rings. The maximum Gasteiger partial charge on any atom is 0.343 e. The first-order valence-corrected chi connectivity index (χ1v) is 5.22. The predicted octanol–water partition coefficient (Wildman–Crippen LogP) is 1.48. The summed E-state index contributed by atoms with van der Waals surface area (Å²) in [5.74, 6) is -0.171. The maximum atomic E-state index is 11.9. The smallest absolute Gasteiger partial charge is 0.279 e. The lowest BCUT2D eigenvalue weighted by molar-refractivity contribution is 0.583. The molecule has 1 aliphatic heterocycles. The van der Waals surface area contributed by atoms with Crippen LogP contribution in [0.15, 0.2) is 29.1 Å². The molecule has 0 unspecified atom stereocenters. The lowest BCUT2D eigenvalue weighted by Crippen LogP contribution is -2.14. The molecule has 2 heterocycles. The summed E-state index contributed by atoms with van der Waals surface area (Å²) in [5, 5.41) is 6.22. The number of nitrogens with zero attached hydrogens (tertiary/aromatic N) is 2. The van der Waals surface area contributed by atoms with Crippen LogP contribution in [0.4, 0.5) is 8.78 Å². The summed E-state index contributed by atoms with van der Waals surface area (Å²) < 4.78 is 25.5. The second-order valence-corrected chi connectivity index (χ2v) is 3.64. The highest BCUT2D eigenvalue weighted by Gasteiger charge is 2.13. The Bertz CT molecular complexity index is 545. The van der Waals surface area contributed by atoms with Crippen molar-refractivity contribution in [3.8, 4) is 0 Å². The maximum absolute atomic E-state index is 11.9. The van der Waals surface area contributed by atoms with E-state index in [-0.39, 0.29) is 5.69 Å². The van der Waals surface area contributed by atoms with E-state index in [0.717, 1.165) is 31.3 Å². The minimum Gasteiger partial charge on any atom is -0.279 e. The van der Waals surface area contributed by atoms with Crippen molar-refractivity contribution < 1.29 is 8.78 Å². The molecule has 1 N–H and O–H groups in total. The van der Waals surface area contributed by atoms with Gasteiger partial charge in [-0.3, -0.25) is 4.57 Å². The molecule has 4 nitrogen and oxygen atoms in total. The highest BCUT2D eigenvalue weighted by Crippen LogP contribution is 2.05. The molecule has 6 heteroatoms. The van der Waals surface area contributed by atoms with Gasteiger partial charge < -0.3 is 0 Å². The number of fused-ring (bicyclic) bond motifs is 1. The summed E-state index contributed by atoms with van der Waals surface area (Å²) in [6.07, 6.45) is 2.00. The van der Waals surface area contributed by atoms with Crippen LogP contribution in [0.5, 0.6) is 0 Å². The number of aromatic amines is 1.